The summed E-state index contributed by atoms with van der Waals surface area (Å²) in [4.78, 5) is 17.8. The van der Waals surface area contributed by atoms with Crippen molar-refractivity contribution in [2.24, 2.45) is 0 Å². The summed E-state index contributed by atoms with van der Waals surface area (Å²) in [5, 5.41) is 16.1. The highest BCUT2D eigenvalue weighted by atomic mass is 32.2. The molecule has 3 heterocycles. The molecule has 1 unspecified atom stereocenters. The predicted octanol–water partition coefficient (Wildman–Crippen LogP) is 4.15. The number of thiazole rings is 1. The molecule has 0 fully saturated rings. The minimum absolute atomic E-state index is 0.0788. The first kappa shape index (κ1) is 15.6. The maximum absolute atomic E-state index is 12.2. The van der Waals surface area contributed by atoms with Gasteiger partial charge in [-0.2, -0.15) is 0 Å². The van der Waals surface area contributed by atoms with Crippen LogP contribution in [0.5, 0.6) is 0 Å². The number of aryl methyl sites for hydroxylation is 1. The third-order valence-electron chi connectivity index (χ3n) is 2.66. The molecule has 0 saturated carbocycles. The second-order valence-electron chi connectivity index (χ2n) is 4.35. The SMILES string of the molecule is Cc1nnc(SC(C)C(=O)Nc2nc(-c3cccs3)cs2)s1. The van der Waals surface area contributed by atoms with E-state index < -0.39 is 0 Å². The van der Waals surface area contributed by atoms with Crippen LogP contribution in [0.4, 0.5) is 5.13 Å². The Hall–Kier alpha value is -1.29. The number of hydrogen-bond donors (Lipinski definition) is 1. The Morgan fingerprint density at radius 1 is 1.36 bits per heavy atom. The summed E-state index contributed by atoms with van der Waals surface area (Å²) in [6.45, 7) is 3.75. The fraction of sp³-hybridized carbons (Fsp3) is 0.231. The molecule has 3 aromatic rings. The van der Waals surface area contributed by atoms with Crippen molar-refractivity contribution in [3.05, 3.63) is 27.9 Å². The summed E-state index contributed by atoms with van der Waals surface area (Å²) in [5.74, 6) is -0.0788. The average molecular weight is 369 g/mol. The van der Waals surface area contributed by atoms with Crippen molar-refractivity contribution in [3.8, 4) is 10.6 Å². The van der Waals surface area contributed by atoms with Gasteiger partial charge in [0.1, 0.15) is 5.01 Å². The molecule has 0 aromatic carbocycles. The molecular weight excluding hydrogens is 356 g/mol. The summed E-state index contributed by atoms with van der Waals surface area (Å²) >= 11 is 5.96. The van der Waals surface area contributed by atoms with Crippen LogP contribution in [0, 0.1) is 6.92 Å². The van der Waals surface area contributed by atoms with Gasteiger partial charge >= 0.3 is 0 Å². The van der Waals surface area contributed by atoms with E-state index in [0.717, 1.165) is 19.9 Å². The fourth-order valence-corrected chi connectivity index (χ4v) is 5.04. The third-order valence-corrected chi connectivity index (χ3v) is 6.34. The lowest BCUT2D eigenvalue weighted by atomic mass is 10.4. The molecular formula is C13H12N4OS4. The van der Waals surface area contributed by atoms with Crippen LogP contribution in [0.2, 0.25) is 0 Å². The zero-order chi connectivity index (χ0) is 15.5. The molecule has 22 heavy (non-hydrogen) atoms. The molecule has 0 aliphatic rings. The van der Waals surface area contributed by atoms with E-state index >= 15 is 0 Å². The molecule has 3 aromatic heterocycles. The number of carbonyl (C=O) groups excluding carboxylic acids is 1. The van der Waals surface area contributed by atoms with E-state index in [1.54, 1.807) is 11.3 Å². The zero-order valence-electron chi connectivity index (χ0n) is 11.8. The number of aromatic nitrogens is 3. The Morgan fingerprint density at radius 2 is 2.23 bits per heavy atom. The van der Waals surface area contributed by atoms with Crippen LogP contribution in [0.25, 0.3) is 10.6 Å². The summed E-state index contributed by atoms with van der Waals surface area (Å²) in [5.41, 5.74) is 0.898. The molecule has 3 rings (SSSR count). The van der Waals surface area contributed by atoms with Crippen LogP contribution < -0.4 is 5.32 Å². The van der Waals surface area contributed by atoms with Crippen molar-refractivity contribution >= 4 is 56.8 Å². The summed E-state index contributed by atoms with van der Waals surface area (Å²) in [7, 11) is 0. The van der Waals surface area contributed by atoms with Crippen molar-refractivity contribution < 1.29 is 4.79 Å². The Labute approximate surface area is 143 Å². The number of carbonyl (C=O) groups is 1. The van der Waals surface area contributed by atoms with Crippen LogP contribution in [0.15, 0.2) is 27.2 Å². The van der Waals surface area contributed by atoms with Crippen molar-refractivity contribution in [1.82, 2.24) is 15.2 Å². The number of nitrogens with zero attached hydrogens (tertiary/aromatic N) is 3. The van der Waals surface area contributed by atoms with E-state index in [9.17, 15) is 4.79 Å². The Balaban J connectivity index is 1.61. The molecule has 0 saturated heterocycles. The van der Waals surface area contributed by atoms with E-state index in [4.69, 9.17) is 0 Å². The second-order valence-corrected chi connectivity index (χ2v) is 8.93. The van der Waals surface area contributed by atoms with Crippen molar-refractivity contribution in [1.29, 1.82) is 0 Å². The van der Waals surface area contributed by atoms with Gasteiger partial charge in [-0.05, 0) is 25.3 Å². The largest absolute Gasteiger partial charge is 0.301 e. The monoisotopic (exact) mass is 368 g/mol. The molecule has 114 valence electrons. The van der Waals surface area contributed by atoms with E-state index in [1.807, 2.05) is 36.7 Å². The van der Waals surface area contributed by atoms with Gasteiger partial charge in [0, 0.05) is 5.38 Å². The lowest BCUT2D eigenvalue weighted by Gasteiger charge is -2.07. The van der Waals surface area contributed by atoms with Crippen LogP contribution in [0.1, 0.15) is 11.9 Å². The molecule has 0 aliphatic heterocycles. The maximum atomic E-state index is 12.2. The number of rotatable bonds is 5. The van der Waals surface area contributed by atoms with Gasteiger partial charge in [0.05, 0.1) is 15.8 Å². The van der Waals surface area contributed by atoms with Gasteiger partial charge in [0.2, 0.25) is 5.91 Å². The summed E-state index contributed by atoms with van der Waals surface area (Å²) in [6, 6.07) is 4.00. The molecule has 0 bridgehead atoms. The Bertz CT molecular complexity index is 765. The highest BCUT2D eigenvalue weighted by Gasteiger charge is 2.18. The molecule has 1 atom stereocenters. The number of thiophene rings is 1. The van der Waals surface area contributed by atoms with Gasteiger partial charge in [-0.15, -0.1) is 32.9 Å². The zero-order valence-corrected chi connectivity index (χ0v) is 15.0. The van der Waals surface area contributed by atoms with Crippen molar-refractivity contribution in [2.75, 3.05) is 5.32 Å². The summed E-state index contributed by atoms with van der Waals surface area (Å²) < 4.78 is 0.804. The van der Waals surface area contributed by atoms with Crippen LogP contribution >= 0.6 is 45.8 Å². The molecule has 9 heteroatoms. The standard InChI is InChI=1S/C13H12N4OS4/c1-7(21-13-17-16-8(2)22-13)11(18)15-12-14-9(6-20-12)10-4-3-5-19-10/h3-7H,1-2H3,(H,14,15,18). The highest BCUT2D eigenvalue weighted by molar-refractivity contribution is 8.02. The average Bonchev–Trinajstić information content (AvgIpc) is 3.20. The first-order valence-corrected chi connectivity index (χ1v) is 9.84. The fourth-order valence-electron chi connectivity index (χ4n) is 1.61. The highest BCUT2D eigenvalue weighted by Crippen LogP contribution is 2.30. The van der Waals surface area contributed by atoms with Crippen LogP contribution in [-0.4, -0.2) is 26.3 Å². The number of anilines is 1. The van der Waals surface area contributed by atoms with Gasteiger partial charge in [-0.25, -0.2) is 4.98 Å². The van der Waals surface area contributed by atoms with Gasteiger partial charge in [0.15, 0.2) is 9.47 Å². The normalized spacial score (nSPS) is 12.3. The van der Waals surface area contributed by atoms with Crippen molar-refractivity contribution in [3.63, 3.8) is 0 Å². The molecule has 0 spiro atoms. The Kier molecular flexibility index (Phi) is 4.87. The van der Waals surface area contributed by atoms with Gasteiger partial charge in [0.25, 0.3) is 0 Å². The number of thioether (sulfide) groups is 1. The number of hydrogen-bond acceptors (Lipinski definition) is 8. The molecule has 0 radical (unpaired) electrons. The van der Waals surface area contributed by atoms with Gasteiger partial charge in [-0.1, -0.05) is 29.2 Å². The molecule has 1 amide bonds. The Morgan fingerprint density at radius 3 is 2.91 bits per heavy atom. The lowest BCUT2D eigenvalue weighted by molar-refractivity contribution is -0.115. The first-order chi connectivity index (χ1) is 10.6. The first-order valence-electron chi connectivity index (χ1n) is 6.39. The number of nitrogens with one attached hydrogen (secondary N) is 1. The smallest absolute Gasteiger partial charge is 0.239 e. The molecule has 5 nitrogen and oxygen atoms in total. The van der Waals surface area contributed by atoms with Gasteiger partial charge in [-0.3, -0.25) is 4.79 Å². The van der Waals surface area contributed by atoms with Crippen LogP contribution in [0.3, 0.4) is 0 Å². The minimum Gasteiger partial charge on any atom is -0.301 e. The molecule has 1 N–H and O–H groups in total. The van der Waals surface area contributed by atoms with Crippen LogP contribution in [-0.2, 0) is 4.79 Å². The molecule has 0 aliphatic carbocycles. The van der Waals surface area contributed by atoms with Crippen molar-refractivity contribution in [2.45, 2.75) is 23.4 Å². The van der Waals surface area contributed by atoms with E-state index in [1.165, 1.54) is 34.4 Å². The predicted molar refractivity (Wildman–Crippen MR) is 94.0 cm³/mol. The lowest BCUT2D eigenvalue weighted by Crippen LogP contribution is -2.22. The maximum Gasteiger partial charge on any atom is 0.239 e. The topological polar surface area (TPSA) is 67.8 Å². The second kappa shape index (κ2) is 6.86. The van der Waals surface area contributed by atoms with Gasteiger partial charge < -0.3 is 5.32 Å². The van der Waals surface area contributed by atoms with E-state index in [2.05, 4.69) is 20.5 Å². The number of amides is 1. The minimum atomic E-state index is -0.249. The quantitative estimate of drug-likeness (QED) is 0.685. The van der Waals surface area contributed by atoms with E-state index in [0.29, 0.717) is 5.13 Å². The van der Waals surface area contributed by atoms with E-state index in [-0.39, 0.29) is 11.2 Å². The third kappa shape index (κ3) is 3.72. The summed E-state index contributed by atoms with van der Waals surface area (Å²) in [6.07, 6.45) is 0.